The molecule has 0 amide bonds. The molecule has 24 heavy (non-hydrogen) atoms. The van der Waals surface area contributed by atoms with Crippen molar-refractivity contribution >= 4 is 9.84 Å². The Morgan fingerprint density at radius 1 is 0.875 bits per heavy atom. The highest BCUT2D eigenvalue weighted by Gasteiger charge is 2.69. The van der Waals surface area contributed by atoms with E-state index in [-0.39, 0.29) is 19.0 Å². The second-order valence-corrected chi connectivity index (χ2v) is 8.88. The number of benzene rings is 2. The van der Waals surface area contributed by atoms with E-state index >= 15 is 0 Å². The second kappa shape index (κ2) is 5.99. The van der Waals surface area contributed by atoms with E-state index in [4.69, 9.17) is 11.5 Å². The molecule has 2 aromatic rings. The van der Waals surface area contributed by atoms with Crippen molar-refractivity contribution in [3.8, 4) is 0 Å². The zero-order valence-corrected chi connectivity index (χ0v) is 14.9. The molecule has 5 heteroatoms. The van der Waals surface area contributed by atoms with Crippen molar-refractivity contribution < 1.29 is 8.42 Å². The Bertz CT molecular complexity index is 823. The first-order valence-electron chi connectivity index (χ1n) is 8.14. The van der Waals surface area contributed by atoms with Crippen LogP contribution in [0.2, 0.25) is 0 Å². The van der Waals surface area contributed by atoms with Crippen molar-refractivity contribution in [3.05, 3.63) is 65.2 Å². The highest BCUT2D eigenvalue weighted by atomic mass is 32.2. The number of sulfone groups is 1. The minimum Gasteiger partial charge on any atom is -0.330 e. The number of aryl methyl sites for hydroxylation is 2. The summed E-state index contributed by atoms with van der Waals surface area (Å²) in [4.78, 5) is 0.346. The smallest absolute Gasteiger partial charge is 0.182 e. The van der Waals surface area contributed by atoms with Crippen LogP contribution in [0.3, 0.4) is 0 Å². The van der Waals surface area contributed by atoms with Crippen LogP contribution in [0.4, 0.5) is 0 Å². The van der Waals surface area contributed by atoms with E-state index in [0.29, 0.717) is 4.90 Å². The lowest BCUT2D eigenvalue weighted by Crippen LogP contribution is -2.31. The fraction of sp³-hybridized carbons (Fsp3) is 0.368. The molecule has 2 unspecified atom stereocenters. The Labute approximate surface area is 143 Å². The molecule has 1 saturated carbocycles. The first kappa shape index (κ1) is 17.1. The Morgan fingerprint density at radius 3 is 1.79 bits per heavy atom. The first-order valence-corrected chi connectivity index (χ1v) is 9.69. The van der Waals surface area contributed by atoms with Gasteiger partial charge in [-0.2, -0.15) is 0 Å². The monoisotopic (exact) mass is 344 g/mol. The van der Waals surface area contributed by atoms with Gasteiger partial charge in [-0.25, -0.2) is 8.42 Å². The summed E-state index contributed by atoms with van der Waals surface area (Å²) in [5, 5.41) is -0.564. The van der Waals surface area contributed by atoms with Crippen LogP contribution >= 0.6 is 0 Å². The van der Waals surface area contributed by atoms with E-state index in [1.165, 1.54) is 0 Å². The average molecular weight is 344 g/mol. The van der Waals surface area contributed by atoms with Crippen LogP contribution in [0.15, 0.2) is 53.4 Å². The van der Waals surface area contributed by atoms with Gasteiger partial charge in [0, 0.05) is 24.4 Å². The van der Waals surface area contributed by atoms with Gasteiger partial charge in [0.15, 0.2) is 9.84 Å². The van der Waals surface area contributed by atoms with Gasteiger partial charge < -0.3 is 11.5 Å². The molecule has 4 nitrogen and oxygen atoms in total. The lowest BCUT2D eigenvalue weighted by molar-refractivity contribution is 0.510. The van der Waals surface area contributed by atoms with Gasteiger partial charge in [-0.3, -0.25) is 0 Å². The molecule has 4 N–H and O–H groups in total. The maximum atomic E-state index is 13.2. The third kappa shape index (κ3) is 2.57. The fourth-order valence-corrected chi connectivity index (χ4v) is 6.14. The van der Waals surface area contributed by atoms with E-state index in [0.717, 1.165) is 16.7 Å². The van der Waals surface area contributed by atoms with Gasteiger partial charge in [0.2, 0.25) is 0 Å². The predicted octanol–water partition coefficient (Wildman–Crippen LogP) is 2.15. The molecule has 0 aliphatic heterocycles. The first-order chi connectivity index (χ1) is 11.4. The van der Waals surface area contributed by atoms with Crippen molar-refractivity contribution in [1.82, 2.24) is 0 Å². The molecular weight excluding hydrogens is 320 g/mol. The summed E-state index contributed by atoms with van der Waals surface area (Å²) in [5.74, 6) is -0.153. The van der Waals surface area contributed by atoms with Crippen LogP contribution in [0.1, 0.15) is 22.6 Å². The summed E-state index contributed by atoms with van der Waals surface area (Å²) in [6, 6.07) is 15.0. The lowest BCUT2D eigenvalue weighted by Gasteiger charge is -2.13. The SMILES string of the molecule is Cc1ccc(C2C(S(=O)(=O)c3ccc(C)cc3)C2(CN)CN)cc1. The van der Waals surface area contributed by atoms with Gasteiger partial charge in [0.1, 0.15) is 0 Å². The Hall–Kier alpha value is -1.69. The fourth-order valence-electron chi connectivity index (χ4n) is 3.67. The topological polar surface area (TPSA) is 86.2 Å². The normalized spacial score (nSPS) is 22.3. The summed E-state index contributed by atoms with van der Waals surface area (Å²) in [6.45, 7) is 4.47. The highest BCUT2D eigenvalue weighted by molar-refractivity contribution is 7.92. The minimum absolute atomic E-state index is 0.153. The van der Waals surface area contributed by atoms with Crippen LogP contribution in [0.5, 0.6) is 0 Å². The molecule has 2 aromatic carbocycles. The average Bonchev–Trinajstić information content (AvgIpc) is 3.26. The van der Waals surface area contributed by atoms with Crippen molar-refractivity contribution in [2.75, 3.05) is 13.1 Å². The summed E-state index contributed by atoms with van der Waals surface area (Å²) < 4.78 is 26.4. The quantitative estimate of drug-likeness (QED) is 0.870. The number of nitrogens with two attached hydrogens (primary N) is 2. The minimum atomic E-state index is -3.48. The number of hydrogen-bond donors (Lipinski definition) is 2. The molecule has 0 radical (unpaired) electrons. The van der Waals surface area contributed by atoms with Gasteiger partial charge >= 0.3 is 0 Å². The van der Waals surface area contributed by atoms with Gasteiger partial charge in [0.05, 0.1) is 10.1 Å². The summed E-state index contributed by atoms with van der Waals surface area (Å²) in [6.07, 6.45) is 0. The Balaban J connectivity index is 2.04. The largest absolute Gasteiger partial charge is 0.330 e. The van der Waals surface area contributed by atoms with E-state index in [1.807, 2.05) is 50.2 Å². The van der Waals surface area contributed by atoms with Crippen LogP contribution in [0.25, 0.3) is 0 Å². The molecule has 0 bridgehead atoms. The van der Waals surface area contributed by atoms with Crippen LogP contribution < -0.4 is 11.5 Å². The highest BCUT2D eigenvalue weighted by Crippen LogP contribution is 2.62. The number of rotatable bonds is 5. The zero-order chi connectivity index (χ0) is 17.5. The summed E-state index contributed by atoms with van der Waals surface area (Å²) in [5.41, 5.74) is 14.5. The predicted molar refractivity (Wildman–Crippen MR) is 96.6 cm³/mol. The van der Waals surface area contributed by atoms with Crippen molar-refractivity contribution in [3.63, 3.8) is 0 Å². The maximum absolute atomic E-state index is 13.2. The van der Waals surface area contributed by atoms with Gasteiger partial charge in [-0.1, -0.05) is 47.5 Å². The summed E-state index contributed by atoms with van der Waals surface area (Å²) >= 11 is 0. The van der Waals surface area contributed by atoms with Gasteiger partial charge in [-0.05, 0) is 31.5 Å². The van der Waals surface area contributed by atoms with Crippen molar-refractivity contribution in [2.45, 2.75) is 29.9 Å². The van der Waals surface area contributed by atoms with E-state index in [2.05, 4.69) is 0 Å². The standard InChI is InChI=1S/C19H24N2O2S/c1-13-3-7-15(8-4-13)17-18(19(17,11-20)12-21)24(22,23)16-9-5-14(2)6-10-16/h3-10,17-18H,11-12,20-21H2,1-2H3. The second-order valence-electron chi connectivity index (χ2n) is 6.81. The lowest BCUT2D eigenvalue weighted by atomic mass is 9.99. The van der Waals surface area contributed by atoms with Crippen molar-refractivity contribution in [2.24, 2.45) is 16.9 Å². The Morgan fingerprint density at radius 2 is 1.33 bits per heavy atom. The van der Waals surface area contributed by atoms with Crippen LogP contribution in [0, 0.1) is 19.3 Å². The molecule has 1 fully saturated rings. The summed E-state index contributed by atoms with van der Waals surface area (Å²) in [7, 11) is -3.48. The number of hydrogen-bond acceptors (Lipinski definition) is 4. The third-order valence-corrected chi connectivity index (χ3v) is 7.60. The maximum Gasteiger partial charge on any atom is 0.182 e. The zero-order valence-electron chi connectivity index (χ0n) is 14.1. The molecule has 1 aliphatic rings. The van der Waals surface area contributed by atoms with Crippen molar-refractivity contribution in [1.29, 1.82) is 0 Å². The molecular formula is C19H24N2O2S. The molecule has 0 spiro atoms. The van der Waals surface area contributed by atoms with Gasteiger partial charge in [-0.15, -0.1) is 0 Å². The van der Waals surface area contributed by atoms with E-state index in [9.17, 15) is 8.42 Å². The van der Waals surface area contributed by atoms with Crippen LogP contribution in [-0.2, 0) is 9.84 Å². The Kier molecular flexibility index (Phi) is 4.28. The van der Waals surface area contributed by atoms with E-state index < -0.39 is 20.5 Å². The molecule has 2 atom stereocenters. The molecule has 0 saturated heterocycles. The third-order valence-electron chi connectivity index (χ3n) is 5.26. The molecule has 3 rings (SSSR count). The molecule has 0 aromatic heterocycles. The van der Waals surface area contributed by atoms with E-state index in [1.54, 1.807) is 12.1 Å². The molecule has 128 valence electrons. The van der Waals surface area contributed by atoms with Gasteiger partial charge in [0.25, 0.3) is 0 Å². The molecule has 0 heterocycles. The van der Waals surface area contributed by atoms with Crippen LogP contribution in [-0.4, -0.2) is 26.8 Å². The molecule has 1 aliphatic carbocycles.